The maximum atomic E-state index is 12.2. The number of aryl methyl sites for hydroxylation is 1. The van der Waals surface area contributed by atoms with Gasteiger partial charge in [0.15, 0.2) is 0 Å². The van der Waals surface area contributed by atoms with Crippen LogP contribution in [0, 0.1) is 6.92 Å². The summed E-state index contributed by atoms with van der Waals surface area (Å²) in [4.78, 5) is 12.2. The highest BCUT2D eigenvalue weighted by Crippen LogP contribution is 2.25. The lowest BCUT2D eigenvalue weighted by Crippen LogP contribution is -2.47. The van der Waals surface area contributed by atoms with Crippen LogP contribution in [0.5, 0.6) is 0 Å². The van der Waals surface area contributed by atoms with Gasteiger partial charge in [0.05, 0.1) is 10.7 Å². The molecule has 4 heteroatoms. The van der Waals surface area contributed by atoms with Crippen LogP contribution in [0.15, 0.2) is 48.5 Å². The summed E-state index contributed by atoms with van der Waals surface area (Å²) < 4.78 is 0. The van der Waals surface area contributed by atoms with E-state index in [9.17, 15) is 4.79 Å². The van der Waals surface area contributed by atoms with E-state index in [0.717, 1.165) is 12.0 Å². The van der Waals surface area contributed by atoms with Crippen molar-refractivity contribution in [3.8, 4) is 0 Å². The average Bonchev–Trinajstić information content (AvgIpc) is 2.43. The van der Waals surface area contributed by atoms with E-state index in [4.69, 9.17) is 11.6 Å². The maximum absolute atomic E-state index is 12.2. The predicted molar refractivity (Wildman–Crippen MR) is 92.6 cm³/mol. The van der Waals surface area contributed by atoms with Gasteiger partial charge in [0, 0.05) is 5.54 Å². The van der Waals surface area contributed by atoms with Gasteiger partial charge in [0.2, 0.25) is 0 Å². The summed E-state index contributed by atoms with van der Waals surface area (Å²) in [6.07, 6.45) is 0.753. The normalized spacial score (nSPS) is 11.1. The highest BCUT2D eigenvalue weighted by Gasteiger charge is 2.21. The molecule has 0 aromatic heterocycles. The van der Waals surface area contributed by atoms with Gasteiger partial charge < -0.3 is 10.6 Å². The minimum atomic E-state index is -0.361. The molecular formula is C18H21ClN2O. The summed E-state index contributed by atoms with van der Waals surface area (Å²) in [5.74, 6) is 0. The van der Waals surface area contributed by atoms with E-state index in [1.165, 1.54) is 5.56 Å². The van der Waals surface area contributed by atoms with Crippen LogP contribution >= 0.6 is 11.6 Å². The van der Waals surface area contributed by atoms with Crippen molar-refractivity contribution in [3.63, 3.8) is 0 Å². The standard InChI is InChI=1S/C18H21ClN2O/c1-13-8-7-11-15(19)16(13)20-17(22)21-18(2,3)12-14-9-5-4-6-10-14/h4-11H,12H2,1-3H3,(H2,20,21,22). The van der Waals surface area contributed by atoms with E-state index in [1.807, 2.05) is 51.1 Å². The third-order valence-corrected chi connectivity index (χ3v) is 3.72. The minimum Gasteiger partial charge on any atom is -0.333 e. The molecule has 2 aromatic rings. The fourth-order valence-electron chi connectivity index (χ4n) is 2.39. The number of hydrogen-bond donors (Lipinski definition) is 2. The molecule has 22 heavy (non-hydrogen) atoms. The minimum absolute atomic E-state index is 0.253. The van der Waals surface area contributed by atoms with Crippen molar-refractivity contribution in [1.82, 2.24) is 5.32 Å². The Morgan fingerprint density at radius 1 is 1.09 bits per heavy atom. The van der Waals surface area contributed by atoms with Gasteiger partial charge >= 0.3 is 6.03 Å². The molecule has 2 rings (SSSR count). The Kier molecular flexibility index (Phi) is 5.09. The quantitative estimate of drug-likeness (QED) is 0.836. The van der Waals surface area contributed by atoms with Gasteiger partial charge in [0.25, 0.3) is 0 Å². The first-order valence-electron chi connectivity index (χ1n) is 7.25. The van der Waals surface area contributed by atoms with Crippen LogP contribution in [-0.2, 0) is 6.42 Å². The first kappa shape index (κ1) is 16.4. The smallest absolute Gasteiger partial charge is 0.319 e. The van der Waals surface area contributed by atoms with Gasteiger partial charge in [-0.15, -0.1) is 0 Å². The fraction of sp³-hybridized carbons (Fsp3) is 0.278. The molecule has 0 unspecified atom stereocenters. The van der Waals surface area contributed by atoms with Gasteiger partial charge in [0.1, 0.15) is 0 Å². The topological polar surface area (TPSA) is 41.1 Å². The van der Waals surface area contributed by atoms with E-state index >= 15 is 0 Å². The number of carbonyl (C=O) groups is 1. The zero-order chi connectivity index (χ0) is 16.2. The Morgan fingerprint density at radius 2 is 1.77 bits per heavy atom. The van der Waals surface area contributed by atoms with Crippen molar-refractivity contribution in [1.29, 1.82) is 0 Å². The molecule has 2 aromatic carbocycles. The van der Waals surface area contributed by atoms with Gasteiger partial charge in [-0.3, -0.25) is 0 Å². The molecule has 0 radical (unpaired) electrons. The Hall–Kier alpha value is -2.00. The second-order valence-corrected chi connectivity index (χ2v) is 6.46. The Labute approximate surface area is 136 Å². The van der Waals surface area contributed by atoms with E-state index in [-0.39, 0.29) is 11.6 Å². The fourth-order valence-corrected chi connectivity index (χ4v) is 2.66. The highest BCUT2D eigenvalue weighted by atomic mass is 35.5. The summed E-state index contributed by atoms with van der Waals surface area (Å²) in [6.45, 7) is 5.91. The van der Waals surface area contributed by atoms with E-state index in [0.29, 0.717) is 10.7 Å². The number of anilines is 1. The first-order valence-corrected chi connectivity index (χ1v) is 7.63. The van der Waals surface area contributed by atoms with Crippen molar-refractivity contribution >= 4 is 23.3 Å². The summed E-state index contributed by atoms with van der Waals surface area (Å²) in [6, 6.07) is 15.4. The largest absolute Gasteiger partial charge is 0.333 e. The van der Waals surface area contributed by atoms with Crippen LogP contribution in [0.25, 0.3) is 0 Å². The van der Waals surface area contributed by atoms with Crippen LogP contribution in [0.2, 0.25) is 5.02 Å². The van der Waals surface area contributed by atoms with Gasteiger partial charge in [-0.2, -0.15) is 0 Å². The number of rotatable bonds is 4. The van der Waals surface area contributed by atoms with Crippen LogP contribution in [0.3, 0.4) is 0 Å². The molecule has 0 aliphatic rings. The van der Waals surface area contributed by atoms with Crippen LogP contribution in [0.4, 0.5) is 10.5 Å². The summed E-state index contributed by atoms with van der Waals surface area (Å²) in [5, 5.41) is 6.38. The van der Waals surface area contributed by atoms with E-state index < -0.39 is 0 Å². The maximum Gasteiger partial charge on any atom is 0.319 e. The second-order valence-electron chi connectivity index (χ2n) is 6.06. The average molecular weight is 317 g/mol. The van der Waals surface area contributed by atoms with E-state index in [1.54, 1.807) is 6.07 Å². The number of halogens is 1. The molecule has 2 N–H and O–H groups in total. The molecule has 0 saturated heterocycles. The molecule has 0 saturated carbocycles. The third kappa shape index (κ3) is 4.50. The van der Waals surface area contributed by atoms with Crippen molar-refractivity contribution in [2.45, 2.75) is 32.7 Å². The van der Waals surface area contributed by atoms with E-state index in [2.05, 4.69) is 22.8 Å². The predicted octanol–water partition coefficient (Wildman–Crippen LogP) is 4.79. The lowest BCUT2D eigenvalue weighted by atomic mass is 9.95. The van der Waals surface area contributed by atoms with Gasteiger partial charge in [-0.25, -0.2) is 4.79 Å². The SMILES string of the molecule is Cc1cccc(Cl)c1NC(=O)NC(C)(C)Cc1ccccc1. The van der Waals surface area contributed by atoms with Gasteiger partial charge in [-0.1, -0.05) is 54.1 Å². The zero-order valence-electron chi connectivity index (χ0n) is 13.1. The summed E-state index contributed by atoms with van der Waals surface area (Å²) in [5.41, 5.74) is 2.41. The van der Waals surface area contributed by atoms with Crippen LogP contribution in [-0.4, -0.2) is 11.6 Å². The molecule has 2 amide bonds. The molecule has 116 valence electrons. The van der Waals surface area contributed by atoms with Crippen molar-refractivity contribution < 1.29 is 4.79 Å². The molecule has 0 aliphatic heterocycles. The molecule has 0 fully saturated rings. The molecular weight excluding hydrogens is 296 g/mol. The monoisotopic (exact) mass is 316 g/mol. The summed E-state index contributed by atoms with van der Waals surface area (Å²) >= 11 is 6.13. The number of benzene rings is 2. The molecule has 0 bridgehead atoms. The van der Waals surface area contributed by atoms with Crippen LogP contribution < -0.4 is 10.6 Å². The number of nitrogens with one attached hydrogen (secondary N) is 2. The molecule has 0 atom stereocenters. The van der Waals surface area contributed by atoms with Gasteiger partial charge in [-0.05, 0) is 44.4 Å². The highest BCUT2D eigenvalue weighted by molar-refractivity contribution is 6.33. The van der Waals surface area contributed by atoms with Crippen molar-refractivity contribution in [3.05, 3.63) is 64.7 Å². The Bertz CT molecular complexity index is 633. The van der Waals surface area contributed by atoms with Crippen molar-refractivity contribution in [2.75, 3.05) is 5.32 Å². The number of amides is 2. The Balaban J connectivity index is 2.02. The molecule has 3 nitrogen and oxygen atoms in total. The van der Waals surface area contributed by atoms with Crippen molar-refractivity contribution in [2.24, 2.45) is 0 Å². The first-order chi connectivity index (χ1) is 10.4. The lowest BCUT2D eigenvalue weighted by molar-refractivity contribution is 0.241. The zero-order valence-corrected chi connectivity index (χ0v) is 13.9. The summed E-state index contributed by atoms with van der Waals surface area (Å²) in [7, 11) is 0. The number of urea groups is 1. The molecule has 0 heterocycles. The Morgan fingerprint density at radius 3 is 2.41 bits per heavy atom. The van der Waals surface area contributed by atoms with Crippen LogP contribution in [0.1, 0.15) is 25.0 Å². The third-order valence-electron chi connectivity index (χ3n) is 3.40. The number of hydrogen-bond acceptors (Lipinski definition) is 1. The number of para-hydroxylation sites is 1. The lowest BCUT2D eigenvalue weighted by Gasteiger charge is -2.27. The number of carbonyl (C=O) groups excluding carboxylic acids is 1. The second kappa shape index (κ2) is 6.84. The molecule has 0 spiro atoms. The molecule has 0 aliphatic carbocycles.